The Labute approximate surface area is 226 Å². The van der Waals surface area contributed by atoms with Gasteiger partial charge in [-0.2, -0.15) is 0 Å². The number of anilines is 2. The average molecular weight is 511 g/mol. The van der Waals surface area contributed by atoms with Crippen molar-refractivity contribution in [1.82, 2.24) is 10.2 Å². The zero-order valence-electron chi connectivity index (χ0n) is 25.0. The van der Waals surface area contributed by atoms with Crippen molar-refractivity contribution < 1.29 is 0 Å². The minimum absolute atomic E-state index is 0.958. The van der Waals surface area contributed by atoms with Crippen LogP contribution in [0.15, 0.2) is 0 Å². The molecule has 1 heterocycles. The lowest BCUT2D eigenvalue weighted by Crippen LogP contribution is -2.48. The Morgan fingerprint density at radius 3 is 1.56 bits per heavy atom. The van der Waals surface area contributed by atoms with Crippen LogP contribution in [0.25, 0.3) is 0 Å². The summed E-state index contributed by atoms with van der Waals surface area (Å²) in [6.07, 6.45) is 2.32. The summed E-state index contributed by atoms with van der Waals surface area (Å²) in [5.74, 6) is 0. The molecule has 36 heavy (non-hydrogen) atoms. The van der Waals surface area contributed by atoms with E-state index in [1.807, 2.05) is 7.05 Å². The van der Waals surface area contributed by atoms with Gasteiger partial charge < -0.3 is 20.4 Å². The third kappa shape index (κ3) is 6.23. The monoisotopic (exact) mass is 510 g/mol. The van der Waals surface area contributed by atoms with Gasteiger partial charge in [-0.05, 0) is 164 Å². The highest BCUT2D eigenvalue weighted by molar-refractivity contribution is 7.80. The van der Waals surface area contributed by atoms with Crippen molar-refractivity contribution in [2.45, 2.75) is 82.1 Å². The topological polar surface area (TPSA) is 30.5 Å². The first-order valence-corrected chi connectivity index (χ1v) is 13.8. The fraction of sp³-hybridized carbons (Fsp3) is 0.581. The molecule has 2 aromatic rings. The Hall–Kier alpha value is -2.11. The molecule has 0 spiro atoms. The Balaban J connectivity index is 0.000000255. The van der Waals surface area contributed by atoms with Gasteiger partial charge in [-0.15, -0.1) is 0 Å². The van der Waals surface area contributed by atoms with Crippen LogP contribution < -0.4 is 15.5 Å². The molecule has 0 atom stereocenters. The summed E-state index contributed by atoms with van der Waals surface area (Å²) < 4.78 is 0. The van der Waals surface area contributed by atoms with Crippen molar-refractivity contribution >= 4 is 28.7 Å². The molecule has 2 aromatic carbocycles. The van der Waals surface area contributed by atoms with E-state index in [4.69, 9.17) is 12.2 Å². The van der Waals surface area contributed by atoms with Gasteiger partial charge in [0.1, 0.15) is 0 Å². The molecule has 5 heteroatoms. The van der Waals surface area contributed by atoms with Crippen molar-refractivity contribution in [1.29, 1.82) is 0 Å². The third-order valence-electron chi connectivity index (χ3n) is 8.57. The summed E-state index contributed by atoms with van der Waals surface area (Å²) >= 11 is 5.62. The molecule has 3 rings (SSSR count). The highest BCUT2D eigenvalue weighted by Crippen LogP contribution is 2.34. The fourth-order valence-corrected chi connectivity index (χ4v) is 5.47. The van der Waals surface area contributed by atoms with Crippen molar-refractivity contribution in [2.24, 2.45) is 0 Å². The van der Waals surface area contributed by atoms with Gasteiger partial charge >= 0.3 is 0 Å². The second-order valence-corrected chi connectivity index (χ2v) is 10.9. The van der Waals surface area contributed by atoms with Gasteiger partial charge in [0.2, 0.25) is 0 Å². The second-order valence-electron chi connectivity index (χ2n) is 10.6. The number of hydrogen-bond acceptors (Lipinski definition) is 3. The van der Waals surface area contributed by atoms with E-state index in [0.29, 0.717) is 0 Å². The van der Waals surface area contributed by atoms with Gasteiger partial charge in [0, 0.05) is 38.1 Å². The predicted molar refractivity (Wildman–Crippen MR) is 164 cm³/mol. The first-order valence-electron chi connectivity index (χ1n) is 13.4. The zero-order chi connectivity index (χ0) is 27.3. The Bertz CT molecular complexity index is 1040. The molecule has 4 nitrogen and oxygen atoms in total. The van der Waals surface area contributed by atoms with E-state index >= 15 is 0 Å². The maximum absolute atomic E-state index is 5.62. The number of nitrogens with zero attached hydrogens (tertiary/aromatic N) is 2. The van der Waals surface area contributed by atoms with E-state index in [1.165, 1.54) is 73.4 Å². The van der Waals surface area contributed by atoms with Crippen LogP contribution in [0.5, 0.6) is 0 Å². The van der Waals surface area contributed by atoms with Crippen LogP contribution in [0, 0.1) is 69.2 Å². The number of rotatable bonds is 6. The summed E-state index contributed by atoms with van der Waals surface area (Å²) in [6.45, 7) is 26.4. The molecule has 200 valence electrons. The lowest BCUT2D eigenvalue weighted by atomic mass is 9.92. The molecule has 0 unspecified atom stereocenters. The molecule has 0 radical (unpaired) electrons. The van der Waals surface area contributed by atoms with Gasteiger partial charge in [0.25, 0.3) is 0 Å². The Morgan fingerprint density at radius 1 is 0.639 bits per heavy atom. The number of thiocarbonyl (C=S) groups is 1. The minimum atomic E-state index is 0.958. The number of nitrogens with one attached hydrogen (secondary N) is 2. The lowest BCUT2D eigenvalue weighted by molar-refractivity contribution is 0.460. The van der Waals surface area contributed by atoms with E-state index < -0.39 is 0 Å². The van der Waals surface area contributed by atoms with Crippen molar-refractivity contribution in [3.63, 3.8) is 0 Å². The largest absolute Gasteiger partial charge is 0.385 e. The normalized spacial score (nSPS) is 13.6. The zero-order valence-corrected chi connectivity index (χ0v) is 25.9. The van der Waals surface area contributed by atoms with Crippen molar-refractivity contribution in [3.05, 3.63) is 55.6 Å². The van der Waals surface area contributed by atoms with Crippen molar-refractivity contribution in [2.75, 3.05) is 50.5 Å². The smallest absolute Gasteiger partial charge is 0.175 e. The van der Waals surface area contributed by atoms with Crippen LogP contribution in [-0.2, 0) is 0 Å². The van der Waals surface area contributed by atoms with E-state index in [-0.39, 0.29) is 0 Å². The fourth-order valence-electron chi connectivity index (χ4n) is 5.20. The molecular formula is C31H50N4S. The summed E-state index contributed by atoms with van der Waals surface area (Å²) in [7, 11) is 4.09. The van der Waals surface area contributed by atoms with Crippen LogP contribution in [-0.4, -0.2) is 50.3 Å². The average Bonchev–Trinajstić information content (AvgIpc) is 2.86. The molecule has 0 aromatic heterocycles. The molecule has 2 N–H and O–H groups in total. The predicted octanol–water partition coefficient (Wildman–Crippen LogP) is 6.91. The number of benzene rings is 2. The molecule has 1 saturated heterocycles. The van der Waals surface area contributed by atoms with Gasteiger partial charge in [0.05, 0.1) is 0 Å². The molecule has 1 fully saturated rings. The second kappa shape index (κ2) is 12.9. The van der Waals surface area contributed by atoms with Gasteiger partial charge in [0.15, 0.2) is 5.11 Å². The first kappa shape index (κ1) is 30.1. The summed E-state index contributed by atoms with van der Waals surface area (Å²) in [6, 6.07) is 0. The standard InChI is InChI=1S/C16H24N2S.C15H26N2/c1-10-11(2)13(4)15(14(5)12(10)3)18-9-7-8-17(6)16(18)19;1-10-11(2)13(4)15(14(5)12(10)3)17-9-7-8-16-6/h7-9H2,1-6H3;16-17H,7-9H2,1-6H3. The van der Waals surface area contributed by atoms with Crippen LogP contribution in [0.3, 0.4) is 0 Å². The summed E-state index contributed by atoms with van der Waals surface area (Å²) in [4.78, 5) is 4.51. The van der Waals surface area contributed by atoms with Crippen LogP contribution in [0.2, 0.25) is 0 Å². The molecule has 0 amide bonds. The molecule has 0 saturated carbocycles. The van der Waals surface area contributed by atoms with Crippen LogP contribution >= 0.6 is 12.2 Å². The van der Waals surface area contributed by atoms with E-state index in [2.05, 4.69) is 96.7 Å². The Morgan fingerprint density at radius 2 is 1.08 bits per heavy atom. The highest BCUT2D eigenvalue weighted by atomic mass is 32.1. The Kier molecular flexibility index (Phi) is 10.8. The van der Waals surface area contributed by atoms with Crippen LogP contribution in [0.1, 0.15) is 68.5 Å². The van der Waals surface area contributed by atoms with E-state index in [0.717, 1.165) is 37.7 Å². The quantitative estimate of drug-likeness (QED) is 0.326. The van der Waals surface area contributed by atoms with Gasteiger partial charge in [-0.1, -0.05) is 0 Å². The maximum Gasteiger partial charge on any atom is 0.175 e. The molecule has 1 aliphatic heterocycles. The molecule has 0 bridgehead atoms. The molecule has 0 aliphatic carbocycles. The van der Waals surface area contributed by atoms with Crippen LogP contribution in [0.4, 0.5) is 11.4 Å². The SMILES string of the molecule is CNCCCNc1c(C)c(C)c(C)c(C)c1C.Cc1c(C)c(C)c(N2CCCN(C)C2=S)c(C)c1C. The minimum Gasteiger partial charge on any atom is -0.385 e. The molecule has 1 aliphatic rings. The lowest BCUT2D eigenvalue weighted by Gasteiger charge is -2.38. The van der Waals surface area contributed by atoms with Crippen molar-refractivity contribution in [3.8, 4) is 0 Å². The van der Waals surface area contributed by atoms with Gasteiger partial charge in [-0.3, -0.25) is 0 Å². The highest BCUT2D eigenvalue weighted by Gasteiger charge is 2.25. The first-order chi connectivity index (χ1) is 16.9. The number of hydrogen-bond donors (Lipinski definition) is 2. The summed E-state index contributed by atoms with van der Waals surface area (Å²) in [5, 5.41) is 7.72. The van der Waals surface area contributed by atoms with E-state index in [1.54, 1.807) is 0 Å². The maximum atomic E-state index is 5.62. The van der Waals surface area contributed by atoms with Gasteiger partial charge in [-0.25, -0.2) is 0 Å². The third-order valence-corrected chi connectivity index (χ3v) is 9.10. The van der Waals surface area contributed by atoms with E-state index in [9.17, 15) is 0 Å². The summed E-state index contributed by atoms with van der Waals surface area (Å²) in [5.41, 5.74) is 16.7. The molecular weight excluding hydrogens is 460 g/mol.